The standard InChI is InChI=1S/C57H36S/c1-3-20-43(21-4-1)57(44-22-5-2-6-23-44)51-36-42(32-33-49(51)56-55(57)50-28-13-14-29-52(50)58-56)54-47-26-11-9-24-45(47)53(46-25-10-12-27-48(46)54)41-19-15-18-39(35-41)40-31-30-37-16-7-8-17-38(37)34-40/h1-36H. The van der Waals surface area contributed by atoms with Crippen molar-refractivity contribution >= 4 is 53.7 Å². The fourth-order valence-electron chi connectivity index (χ4n) is 10.1. The lowest BCUT2D eigenvalue weighted by molar-refractivity contribution is 0.777. The van der Waals surface area contributed by atoms with E-state index in [4.69, 9.17) is 0 Å². The number of hydrogen-bond acceptors (Lipinski definition) is 1. The normalized spacial score (nSPS) is 13.0. The van der Waals surface area contributed by atoms with Gasteiger partial charge < -0.3 is 0 Å². The number of fused-ring (bicyclic) bond motifs is 8. The zero-order chi connectivity index (χ0) is 38.2. The molecule has 0 fully saturated rings. The Morgan fingerprint density at radius 1 is 0.328 bits per heavy atom. The van der Waals surface area contributed by atoms with Gasteiger partial charge >= 0.3 is 0 Å². The molecule has 11 aromatic rings. The van der Waals surface area contributed by atoms with Crippen LogP contribution in [-0.2, 0) is 5.41 Å². The zero-order valence-corrected chi connectivity index (χ0v) is 32.5. The van der Waals surface area contributed by atoms with Gasteiger partial charge in [-0.1, -0.05) is 194 Å². The van der Waals surface area contributed by atoms with E-state index in [1.165, 1.54) is 108 Å². The topological polar surface area (TPSA) is 0 Å². The molecule has 0 bridgehead atoms. The van der Waals surface area contributed by atoms with Gasteiger partial charge in [0.1, 0.15) is 0 Å². The van der Waals surface area contributed by atoms with E-state index < -0.39 is 5.41 Å². The van der Waals surface area contributed by atoms with Crippen molar-refractivity contribution < 1.29 is 0 Å². The number of thiophene rings is 1. The average molecular weight is 753 g/mol. The third kappa shape index (κ3) is 4.81. The summed E-state index contributed by atoms with van der Waals surface area (Å²) in [6.07, 6.45) is 0. The molecule has 0 spiro atoms. The summed E-state index contributed by atoms with van der Waals surface area (Å²) in [5.41, 5.74) is 13.6. The van der Waals surface area contributed by atoms with E-state index in [1.54, 1.807) is 0 Å². The molecule has 1 aliphatic carbocycles. The molecule has 0 atom stereocenters. The Hall–Kier alpha value is -7.06. The molecule has 1 aromatic heterocycles. The second kappa shape index (κ2) is 13.0. The van der Waals surface area contributed by atoms with Crippen LogP contribution in [0.4, 0.5) is 0 Å². The summed E-state index contributed by atoms with van der Waals surface area (Å²) in [5, 5.41) is 8.89. The summed E-state index contributed by atoms with van der Waals surface area (Å²) < 4.78 is 1.33. The van der Waals surface area contributed by atoms with Crippen molar-refractivity contribution in [1.29, 1.82) is 0 Å². The van der Waals surface area contributed by atoms with Gasteiger partial charge in [-0.2, -0.15) is 0 Å². The lowest BCUT2D eigenvalue weighted by Crippen LogP contribution is -2.28. The summed E-state index contributed by atoms with van der Waals surface area (Å²) in [4.78, 5) is 1.37. The molecule has 0 amide bonds. The Morgan fingerprint density at radius 2 is 0.828 bits per heavy atom. The van der Waals surface area contributed by atoms with Crippen LogP contribution >= 0.6 is 11.3 Å². The van der Waals surface area contributed by atoms with Crippen LogP contribution in [-0.4, -0.2) is 0 Å². The van der Waals surface area contributed by atoms with Crippen molar-refractivity contribution in [3.8, 4) is 43.8 Å². The Labute approximate surface area is 342 Å². The average Bonchev–Trinajstić information content (AvgIpc) is 3.82. The van der Waals surface area contributed by atoms with Gasteiger partial charge in [-0.05, 0) is 123 Å². The van der Waals surface area contributed by atoms with Gasteiger partial charge in [0, 0.05) is 9.58 Å². The molecule has 1 heterocycles. The van der Waals surface area contributed by atoms with Crippen molar-refractivity contribution in [3.05, 3.63) is 241 Å². The third-order valence-corrected chi connectivity index (χ3v) is 13.7. The fraction of sp³-hybridized carbons (Fsp3) is 0.0175. The molecule has 1 heteroatoms. The van der Waals surface area contributed by atoms with Crippen molar-refractivity contribution in [1.82, 2.24) is 0 Å². The molecule has 270 valence electrons. The van der Waals surface area contributed by atoms with Crippen molar-refractivity contribution in [2.24, 2.45) is 0 Å². The highest BCUT2D eigenvalue weighted by Crippen LogP contribution is 2.61. The van der Waals surface area contributed by atoms with Gasteiger partial charge in [0.15, 0.2) is 0 Å². The molecule has 1 aliphatic rings. The maximum Gasteiger partial charge on any atom is 0.0728 e. The van der Waals surface area contributed by atoms with Crippen molar-refractivity contribution in [3.63, 3.8) is 0 Å². The smallest absolute Gasteiger partial charge is 0.0728 e. The van der Waals surface area contributed by atoms with Crippen LogP contribution in [0.1, 0.15) is 22.3 Å². The predicted octanol–water partition coefficient (Wildman–Crippen LogP) is 15.7. The predicted molar refractivity (Wildman–Crippen MR) is 248 cm³/mol. The largest absolute Gasteiger partial charge is 0.135 e. The summed E-state index contributed by atoms with van der Waals surface area (Å²) in [6, 6.07) is 81.3. The minimum absolute atomic E-state index is 0.489. The van der Waals surface area contributed by atoms with E-state index >= 15 is 0 Å². The number of hydrogen-bond donors (Lipinski definition) is 0. The number of benzene rings is 10. The Morgan fingerprint density at radius 3 is 1.48 bits per heavy atom. The summed E-state index contributed by atoms with van der Waals surface area (Å²) >= 11 is 1.93. The molecule has 10 aromatic carbocycles. The highest BCUT2D eigenvalue weighted by molar-refractivity contribution is 7.22. The van der Waals surface area contributed by atoms with E-state index in [1.807, 2.05) is 11.3 Å². The van der Waals surface area contributed by atoms with Crippen LogP contribution in [0.25, 0.3) is 86.2 Å². The molecule has 0 nitrogen and oxygen atoms in total. The van der Waals surface area contributed by atoms with E-state index in [0.717, 1.165) is 0 Å². The van der Waals surface area contributed by atoms with Crippen LogP contribution in [0.2, 0.25) is 0 Å². The quantitative estimate of drug-likeness (QED) is 0.154. The van der Waals surface area contributed by atoms with Crippen LogP contribution in [0, 0.1) is 0 Å². The third-order valence-electron chi connectivity index (χ3n) is 12.5. The highest BCUT2D eigenvalue weighted by Gasteiger charge is 2.48. The second-order valence-electron chi connectivity index (χ2n) is 15.5. The second-order valence-corrected chi connectivity index (χ2v) is 16.6. The Bertz CT molecular complexity index is 3290. The fourth-order valence-corrected chi connectivity index (χ4v) is 11.4. The molecule has 0 N–H and O–H groups in total. The molecule has 0 radical (unpaired) electrons. The minimum atomic E-state index is -0.489. The molecule has 58 heavy (non-hydrogen) atoms. The van der Waals surface area contributed by atoms with Crippen LogP contribution in [0.15, 0.2) is 218 Å². The molecular formula is C57H36S. The van der Waals surface area contributed by atoms with Crippen molar-refractivity contribution in [2.45, 2.75) is 5.41 Å². The minimum Gasteiger partial charge on any atom is -0.135 e. The molecule has 0 unspecified atom stereocenters. The van der Waals surface area contributed by atoms with Gasteiger partial charge in [-0.15, -0.1) is 11.3 Å². The van der Waals surface area contributed by atoms with Crippen LogP contribution in [0.5, 0.6) is 0 Å². The molecule has 12 rings (SSSR count). The first kappa shape index (κ1) is 33.1. The van der Waals surface area contributed by atoms with Crippen LogP contribution in [0.3, 0.4) is 0 Å². The first-order chi connectivity index (χ1) is 28.8. The lowest BCUT2D eigenvalue weighted by atomic mass is 9.67. The Balaban J connectivity index is 1.12. The van der Waals surface area contributed by atoms with Gasteiger partial charge in [0.25, 0.3) is 0 Å². The summed E-state index contributed by atoms with van der Waals surface area (Å²) in [7, 11) is 0. The van der Waals surface area contributed by atoms with E-state index in [-0.39, 0.29) is 0 Å². The molecule has 0 saturated heterocycles. The van der Waals surface area contributed by atoms with Gasteiger partial charge in [-0.25, -0.2) is 0 Å². The summed E-state index contributed by atoms with van der Waals surface area (Å²) in [6.45, 7) is 0. The van der Waals surface area contributed by atoms with E-state index in [2.05, 4.69) is 218 Å². The van der Waals surface area contributed by atoms with E-state index in [0.29, 0.717) is 0 Å². The maximum atomic E-state index is 2.53. The highest BCUT2D eigenvalue weighted by atomic mass is 32.1. The van der Waals surface area contributed by atoms with Crippen LogP contribution < -0.4 is 0 Å². The lowest BCUT2D eigenvalue weighted by Gasteiger charge is -2.34. The van der Waals surface area contributed by atoms with Gasteiger partial charge in [0.2, 0.25) is 0 Å². The first-order valence-corrected chi connectivity index (χ1v) is 20.9. The monoisotopic (exact) mass is 752 g/mol. The zero-order valence-electron chi connectivity index (χ0n) is 31.7. The molecule has 0 saturated carbocycles. The molecule has 0 aliphatic heterocycles. The molecular weight excluding hydrogens is 717 g/mol. The Kier molecular flexibility index (Phi) is 7.42. The van der Waals surface area contributed by atoms with Gasteiger partial charge in [-0.3, -0.25) is 0 Å². The summed E-state index contributed by atoms with van der Waals surface area (Å²) in [5.74, 6) is 0. The maximum absolute atomic E-state index is 2.53. The van der Waals surface area contributed by atoms with E-state index in [9.17, 15) is 0 Å². The SMILES string of the molecule is c1ccc(C2(c3ccccc3)c3cc(-c4c5ccccc5c(-c5cccc(-c6ccc7ccccc7c6)c5)c5ccccc45)ccc3-c3sc4ccccc4c32)cc1. The number of rotatable bonds is 5. The van der Waals surface area contributed by atoms with Gasteiger partial charge in [0.05, 0.1) is 5.41 Å². The first-order valence-electron chi connectivity index (χ1n) is 20.1. The van der Waals surface area contributed by atoms with Crippen molar-refractivity contribution in [2.75, 3.05) is 0 Å².